The molecule has 1 spiro atoms. The summed E-state index contributed by atoms with van der Waals surface area (Å²) in [5.74, 6) is -2.26. The number of hydrogen-bond donors (Lipinski definition) is 1. The summed E-state index contributed by atoms with van der Waals surface area (Å²) in [5, 5.41) is 9.66. The highest BCUT2D eigenvalue weighted by atomic mass is 16.5. The molecule has 9 heteroatoms. The van der Waals surface area contributed by atoms with Crippen molar-refractivity contribution in [2.75, 3.05) is 56.2 Å². The number of rotatable bonds is 13. The first-order valence-electron chi connectivity index (χ1n) is 14.8. The Morgan fingerprint density at radius 1 is 1.10 bits per heavy atom. The lowest BCUT2D eigenvalue weighted by Gasteiger charge is -2.38. The van der Waals surface area contributed by atoms with Crippen molar-refractivity contribution in [2.45, 2.75) is 57.8 Å². The number of amides is 3. The molecule has 3 aliphatic rings. The van der Waals surface area contributed by atoms with Gasteiger partial charge in [0, 0.05) is 57.8 Å². The van der Waals surface area contributed by atoms with Crippen molar-refractivity contribution < 1.29 is 24.2 Å². The van der Waals surface area contributed by atoms with E-state index in [0.29, 0.717) is 25.1 Å². The van der Waals surface area contributed by atoms with Crippen LogP contribution in [0, 0.1) is 17.8 Å². The van der Waals surface area contributed by atoms with E-state index >= 15 is 0 Å². The van der Waals surface area contributed by atoms with E-state index in [4.69, 9.17) is 4.74 Å². The Morgan fingerprint density at radius 3 is 2.27 bits per heavy atom. The first kappa shape index (κ1) is 30.8. The molecule has 3 fully saturated rings. The highest BCUT2D eigenvalue weighted by Gasteiger charge is 2.80. The summed E-state index contributed by atoms with van der Waals surface area (Å²) in [7, 11) is 1.70. The minimum Gasteiger partial charge on any atom is -0.396 e. The number of ether oxygens (including phenoxy) is 1. The van der Waals surface area contributed by atoms with Gasteiger partial charge in [0.05, 0.1) is 17.4 Å². The zero-order chi connectivity index (χ0) is 30.1. The molecular weight excluding hydrogens is 520 g/mol. The molecule has 3 saturated heterocycles. The average Bonchev–Trinajstić information content (AvgIpc) is 3.47. The molecule has 9 nitrogen and oxygen atoms in total. The van der Waals surface area contributed by atoms with Crippen LogP contribution in [0.25, 0.3) is 0 Å². The third kappa shape index (κ3) is 4.87. The molecule has 3 heterocycles. The number of aliphatic hydroxyl groups excluding tert-OH is 1. The quantitative estimate of drug-likeness (QED) is 0.369. The SMILES string of the molecule is C=CCN(C)C(=O)[C@H]1[C@H]2C(=O)N(CCCO)C(C(=O)N(CC=C)c3ccc(N(CC)CC)cc3)C23CC(C)[C@]1(C)O3. The topological polar surface area (TPSA) is 93.6 Å². The Morgan fingerprint density at radius 2 is 1.71 bits per heavy atom. The minimum atomic E-state index is -1.15. The van der Waals surface area contributed by atoms with Gasteiger partial charge in [0.2, 0.25) is 11.8 Å². The van der Waals surface area contributed by atoms with Crippen LogP contribution in [0.3, 0.4) is 0 Å². The highest BCUT2D eigenvalue weighted by Crippen LogP contribution is 2.65. The van der Waals surface area contributed by atoms with Gasteiger partial charge in [-0.1, -0.05) is 19.1 Å². The fourth-order valence-corrected chi connectivity index (χ4v) is 7.43. The lowest BCUT2D eigenvalue weighted by Crippen LogP contribution is -2.57. The summed E-state index contributed by atoms with van der Waals surface area (Å²) in [6, 6.07) is 6.92. The molecule has 2 bridgehead atoms. The largest absolute Gasteiger partial charge is 0.396 e. The number of likely N-dealkylation sites (N-methyl/N-ethyl adjacent to an activating group) is 1. The van der Waals surface area contributed by atoms with Crippen molar-refractivity contribution >= 4 is 29.1 Å². The van der Waals surface area contributed by atoms with E-state index in [1.807, 2.05) is 38.1 Å². The van der Waals surface area contributed by atoms with Crippen molar-refractivity contribution in [1.29, 1.82) is 0 Å². The molecule has 3 aliphatic heterocycles. The zero-order valence-electron chi connectivity index (χ0n) is 25.2. The van der Waals surface area contributed by atoms with E-state index in [-0.39, 0.29) is 43.3 Å². The molecule has 0 aliphatic carbocycles. The maximum absolute atomic E-state index is 14.7. The number of nitrogens with zero attached hydrogens (tertiary/aromatic N) is 4. The van der Waals surface area contributed by atoms with Gasteiger partial charge in [-0.3, -0.25) is 14.4 Å². The van der Waals surface area contributed by atoms with Gasteiger partial charge in [-0.15, -0.1) is 13.2 Å². The first-order chi connectivity index (χ1) is 19.6. The Labute approximate surface area is 244 Å². The Kier molecular flexibility index (Phi) is 8.99. The predicted molar refractivity (Wildman–Crippen MR) is 161 cm³/mol. The number of aliphatic hydroxyl groups is 1. The van der Waals surface area contributed by atoms with E-state index in [1.165, 1.54) is 0 Å². The molecule has 1 N–H and O–H groups in total. The Hall–Kier alpha value is -3.17. The molecule has 1 aromatic carbocycles. The van der Waals surface area contributed by atoms with Gasteiger partial charge in [0.25, 0.3) is 5.91 Å². The average molecular weight is 567 g/mol. The fourth-order valence-electron chi connectivity index (χ4n) is 7.43. The second-order valence-corrected chi connectivity index (χ2v) is 11.7. The van der Waals surface area contributed by atoms with Crippen molar-refractivity contribution in [2.24, 2.45) is 17.8 Å². The molecule has 3 amide bonds. The minimum absolute atomic E-state index is 0.0491. The molecule has 224 valence electrons. The molecule has 1 aromatic rings. The van der Waals surface area contributed by atoms with Crippen LogP contribution in [0.5, 0.6) is 0 Å². The summed E-state index contributed by atoms with van der Waals surface area (Å²) in [6.45, 7) is 18.2. The zero-order valence-corrected chi connectivity index (χ0v) is 25.2. The van der Waals surface area contributed by atoms with E-state index in [2.05, 4.69) is 31.9 Å². The summed E-state index contributed by atoms with van der Waals surface area (Å²) < 4.78 is 6.83. The van der Waals surface area contributed by atoms with Gasteiger partial charge in [0.15, 0.2) is 0 Å². The second-order valence-electron chi connectivity index (χ2n) is 11.7. The normalized spacial score (nSPS) is 29.8. The van der Waals surface area contributed by atoms with E-state index in [9.17, 15) is 19.5 Å². The molecule has 0 radical (unpaired) electrons. The summed E-state index contributed by atoms with van der Waals surface area (Å²) in [6.07, 6.45) is 4.14. The summed E-state index contributed by atoms with van der Waals surface area (Å²) >= 11 is 0. The van der Waals surface area contributed by atoms with Gasteiger partial charge in [-0.25, -0.2) is 0 Å². The van der Waals surface area contributed by atoms with Crippen LogP contribution in [-0.4, -0.2) is 96.3 Å². The van der Waals surface area contributed by atoms with Crippen LogP contribution < -0.4 is 9.80 Å². The molecular formula is C32H46N4O5. The van der Waals surface area contributed by atoms with Gasteiger partial charge >= 0.3 is 0 Å². The van der Waals surface area contributed by atoms with Crippen LogP contribution in [0.15, 0.2) is 49.6 Å². The fraction of sp³-hybridized carbons (Fsp3) is 0.594. The lowest BCUT2D eigenvalue weighted by molar-refractivity contribution is -0.150. The van der Waals surface area contributed by atoms with Crippen LogP contribution in [-0.2, 0) is 19.1 Å². The van der Waals surface area contributed by atoms with Crippen molar-refractivity contribution in [3.05, 3.63) is 49.6 Å². The van der Waals surface area contributed by atoms with Crippen LogP contribution in [0.4, 0.5) is 11.4 Å². The smallest absolute Gasteiger partial charge is 0.253 e. The van der Waals surface area contributed by atoms with E-state index in [0.717, 1.165) is 18.8 Å². The molecule has 0 aromatic heterocycles. The Balaban J connectivity index is 1.78. The van der Waals surface area contributed by atoms with Crippen molar-refractivity contribution in [3.8, 4) is 0 Å². The third-order valence-electron chi connectivity index (χ3n) is 9.52. The summed E-state index contributed by atoms with van der Waals surface area (Å²) in [4.78, 5) is 49.7. The lowest BCUT2D eigenvalue weighted by atomic mass is 9.62. The number of carbonyl (C=O) groups is 3. The standard InChI is InChI=1S/C32H46N4O5/c1-8-17-33(7)28(38)25-26-29(39)36(19-12-20-37)27(32(26)21-22(5)31(25,6)41-32)30(40)35(18-9-2)24-15-13-23(14-16-24)34(10-3)11-4/h8-9,13-16,22,25-27,37H,1-2,10-12,17-21H2,3-7H3/t22?,25-,26+,27?,31+,32?/m1/s1. The van der Waals surface area contributed by atoms with Gasteiger partial charge in [-0.2, -0.15) is 0 Å². The van der Waals surface area contributed by atoms with Gasteiger partial charge < -0.3 is 29.4 Å². The number of anilines is 2. The maximum atomic E-state index is 14.7. The molecule has 0 saturated carbocycles. The second kappa shape index (κ2) is 12.0. The number of fused-ring (bicyclic) bond motifs is 1. The monoisotopic (exact) mass is 566 g/mol. The van der Waals surface area contributed by atoms with Crippen molar-refractivity contribution in [3.63, 3.8) is 0 Å². The molecule has 4 rings (SSSR count). The van der Waals surface area contributed by atoms with Crippen LogP contribution in [0.2, 0.25) is 0 Å². The van der Waals surface area contributed by atoms with E-state index < -0.39 is 29.1 Å². The van der Waals surface area contributed by atoms with Gasteiger partial charge in [-0.05, 0) is 63.8 Å². The van der Waals surface area contributed by atoms with Gasteiger partial charge in [0.1, 0.15) is 11.6 Å². The number of likely N-dealkylation sites (tertiary alicyclic amines) is 1. The van der Waals surface area contributed by atoms with E-state index in [1.54, 1.807) is 33.9 Å². The maximum Gasteiger partial charge on any atom is 0.253 e. The predicted octanol–water partition coefficient (Wildman–Crippen LogP) is 3.09. The number of carbonyl (C=O) groups excluding carboxylic acids is 3. The van der Waals surface area contributed by atoms with Crippen LogP contribution in [0.1, 0.15) is 40.5 Å². The third-order valence-corrected chi connectivity index (χ3v) is 9.52. The van der Waals surface area contributed by atoms with Crippen LogP contribution >= 0.6 is 0 Å². The Bertz CT molecular complexity index is 1170. The number of benzene rings is 1. The van der Waals surface area contributed by atoms with Crippen molar-refractivity contribution in [1.82, 2.24) is 9.80 Å². The number of hydrogen-bond acceptors (Lipinski definition) is 6. The summed E-state index contributed by atoms with van der Waals surface area (Å²) in [5.41, 5.74) is -0.268. The molecule has 3 unspecified atom stereocenters. The molecule has 6 atom stereocenters. The highest BCUT2D eigenvalue weighted by molar-refractivity contribution is 6.05. The first-order valence-corrected chi connectivity index (χ1v) is 14.8. The molecule has 41 heavy (non-hydrogen) atoms.